The van der Waals surface area contributed by atoms with Gasteiger partial charge in [0.2, 0.25) is 0 Å². The Balaban J connectivity index is 2.54. The molecular formula is C12H11N3O6. The minimum absolute atomic E-state index is 0.119. The van der Waals surface area contributed by atoms with Crippen LogP contribution >= 0.6 is 0 Å². The number of carbonyl (C=O) groups is 3. The third-order valence-corrected chi connectivity index (χ3v) is 2.10. The van der Waals surface area contributed by atoms with E-state index in [1.165, 1.54) is 24.3 Å². The zero-order chi connectivity index (χ0) is 15.8. The van der Waals surface area contributed by atoms with Crippen molar-refractivity contribution in [1.29, 1.82) is 0 Å². The standard InChI is InChI=1S/C12H11N3O6/c13-12(18)14-10(16)7-21-11(17)5-4-8-2-1-3-9(6-8)15(19)20/h1-6H,7H2,(H3,13,14,16,18)/b5-4+. The van der Waals surface area contributed by atoms with Crippen LogP contribution < -0.4 is 11.1 Å². The van der Waals surface area contributed by atoms with Crippen LogP contribution in [0.4, 0.5) is 10.5 Å². The van der Waals surface area contributed by atoms with E-state index in [4.69, 9.17) is 5.73 Å². The van der Waals surface area contributed by atoms with Crippen LogP contribution in [0.5, 0.6) is 0 Å². The molecule has 0 unspecified atom stereocenters. The minimum atomic E-state index is -1.05. The van der Waals surface area contributed by atoms with Crippen molar-refractivity contribution in [3.05, 3.63) is 46.0 Å². The molecule has 0 heterocycles. The molecule has 0 saturated carbocycles. The zero-order valence-electron chi connectivity index (χ0n) is 10.6. The van der Waals surface area contributed by atoms with Crippen molar-refractivity contribution < 1.29 is 24.0 Å². The Morgan fingerprint density at radius 3 is 2.71 bits per heavy atom. The number of esters is 1. The molecule has 0 bridgehead atoms. The van der Waals surface area contributed by atoms with Crippen molar-refractivity contribution in [3.63, 3.8) is 0 Å². The number of hydrogen-bond donors (Lipinski definition) is 2. The Hall–Kier alpha value is -3.23. The number of benzene rings is 1. The average Bonchev–Trinajstić information content (AvgIpc) is 2.42. The summed E-state index contributed by atoms with van der Waals surface area (Å²) in [6, 6.07) is 4.54. The Labute approximate surface area is 118 Å². The Morgan fingerprint density at radius 1 is 1.38 bits per heavy atom. The first-order valence-corrected chi connectivity index (χ1v) is 5.57. The lowest BCUT2D eigenvalue weighted by atomic mass is 10.2. The van der Waals surface area contributed by atoms with Gasteiger partial charge in [0.15, 0.2) is 6.61 Å². The minimum Gasteiger partial charge on any atom is -0.452 e. The number of rotatable bonds is 5. The van der Waals surface area contributed by atoms with Gasteiger partial charge in [0.25, 0.3) is 11.6 Å². The number of imide groups is 1. The number of nitrogens with zero attached hydrogens (tertiary/aromatic N) is 1. The number of ether oxygens (including phenoxy) is 1. The summed E-state index contributed by atoms with van der Waals surface area (Å²) in [6.07, 6.45) is 2.29. The lowest BCUT2D eigenvalue weighted by Gasteiger charge is -2.01. The maximum Gasteiger partial charge on any atom is 0.331 e. The van der Waals surface area contributed by atoms with Crippen molar-refractivity contribution in [3.8, 4) is 0 Å². The van der Waals surface area contributed by atoms with Gasteiger partial charge in [-0.25, -0.2) is 9.59 Å². The number of nitrogens with one attached hydrogen (secondary N) is 1. The van der Waals surface area contributed by atoms with Crippen LogP contribution in [-0.4, -0.2) is 29.4 Å². The van der Waals surface area contributed by atoms with Gasteiger partial charge >= 0.3 is 12.0 Å². The summed E-state index contributed by atoms with van der Waals surface area (Å²) >= 11 is 0. The molecule has 0 saturated heterocycles. The van der Waals surface area contributed by atoms with Gasteiger partial charge in [-0.2, -0.15) is 0 Å². The predicted octanol–water partition coefficient (Wildman–Crippen LogP) is 0.346. The average molecular weight is 293 g/mol. The summed E-state index contributed by atoms with van der Waals surface area (Å²) in [4.78, 5) is 42.6. The van der Waals surface area contributed by atoms with E-state index in [1.54, 1.807) is 11.4 Å². The second-order valence-corrected chi connectivity index (χ2v) is 3.71. The van der Waals surface area contributed by atoms with Crippen molar-refractivity contribution in [2.45, 2.75) is 0 Å². The highest BCUT2D eigenvalue weighted by Gasteiger charge is 2.07. The van der Waals surface area contributed by atoms with E-state index < -0.39 is 29.4 Å². The lowest BCUT2D eigenvalue weighted by Crippen LogP contribution is -2.37. The van der Waals surface area contributed by atoms with Gasteiger partial charge < -0.3 is 10.5 Å². The van der Waals surface area contributed by atoms with Gasteiger partial charge in [0.05, 0.1) is 4.92 Å². The van der Waals surface area contributed by atoms with Gasteiger partial charge in [-0.05, 0) is 11.6 Å². The summed E-state index contributed by atoms with van der Waals surface area (Å²) in [5, 5.41) is 12.3. The predicted molar refractivity (Wildman–Crippen MR) is 70.8 cm³/mol. The maximum absolute atomic E-state index is 11.3. The number of amides is 3. The summed E-state index contributed by atoms with van der Waals surface area (Å²) in [5.41, 5.74) is 4.99. The number of carbonyl (C=O) groups excluding carboxylic acids is 3. The van der Waals surface area contributed by atoms with E-state index in [9.17, 15) is 24.5 Å². The van der Waals surface area contributed by atoms with Gasteiger partial charge in [0.1, 0.15) is 0 Å². The molecule has 21 heavy (non-hydrogen) atoms. The topological polar surface area (TPSA) is 142 Å². The fourth-order valence-corrected chi connectivity index (χ4v) is 1.26. The maximum atomic E-state index is 11.3. The third-order valence-electron chi connectivity index (χ3n) is 2.10. The number of primary amides is 1. The molecule has 1 rings (SSSR count). The molecule has 3 N–H and O–H groups in total. The molecule has 1 aromatic rings. The fourth-order valence-electron chi connectivity index (χ4n) is 1.26. The smallest absolute Gasteiger partial charge is 0.331 e. The highest BCUT2D eigenvalue weighted by atomic mass is 16.6. The quantitative estimate of drug-likeness (QED) is 0.347. The molecule has 9 heteroatoms. The normalized spacial score (nSPS) is 10.1. The van der Waals surface area contributed by atoms with Crippen LogP contribution in [0.2, 0.25) is 0 Å². The van der Waals surface area contributed by atoms with Crippen molar-refractivity contribution in [2.75, 3.05) is 6.61 Å². The van der Waals surface area contributed by atoms with Crippen LogP contribution in [0.25, 0.3) is 6.08 Å². The highest BCUT2D eigenvalue weighted by Crippen LogP contribution is 2.14. The molecule has 0 radical (unpaired) electrons. The van der Waals surface area contributed by atoms with Gasteiger partial charge in [-0.1, -0.05) is 12.1 Å². The Bertz CT molecular complexity index is 611. The number of nitrogens with two attached hydrogens (primary N) is 1. The van der Waals surface area contributed by atoms with E-state index in [0.717, 1.165) is 6.08 Å². The second-order valence-electron chi connectivity index (χ2n) is 3.71. The SMILES string of the molecule is NC(=O)NC(=O)COC(=O)/C=C/c1cccc([N+](=O)[O-])c1. The van der Waals surface area contributed by atoms with Gasteiger partial charge in [-0.3, -0.25) is 20.2 Å². The number of non-ortho nitro benzene ring substituents is 1. The first kappa shape index (κ1) is 15.8. The Kier molecular flexibility index (Phi) is 5.56. The molecule has 110 valence electrons. The number of hydrogen-bond acceptors (Lipinski definition) is 6. The zero-order valence-corrected chi connectivity index (χ0v) is 10.6. The molecule has 3 amide bonds. The molecule has 0 aliphatic rings. The number of nitro groups is 1. The first-order chi connectivity index (χ1) is 9.88. The van der Waals surface area contributed by atoms with Crippen molar-refractivity contribution >= 4 is 29.7 Å². The molecule has 0 aromatic heterocycles. The van der Waals surface area contributed by atoms with Crippen LogP contribution in [-0.2, 0) is 14.3 Å². The monoisotopic (exact) mass is 293 g/mol. The summed E-state index contributed by atoms with van der Waals surface area (Å²) in [6.45, 7) is -0.666. The molecular weight excluding hydrogens is 282 g/mol. The summed E-state index contributed by atoms with van der Waals surface area (Å²) in [5.74, 6) is -1.71. The van der Waals surface area contributed by atoms with E-state index in [2.05, 4.69) is 4.74 Å². The summed E-state index contributed by atoms with van der Waals surface area (Å²) < 4.78 is 4.52. The van der Waals surface area contributed by atoms with E-state index in [-0.39, 0.29) is 5.69 Å². The highest BCUT2D eigenvalue weighted by molar-refractivity contribution is 5.95. The lowest BCUT2D eigenvalue weighted by molar-refractivity contribution is -0.384. The van der Waals surface area contributed by atoms with Crippen LogP contribution in [0.1, 0.15) is 5.56 Å². The van der Waals surface area contributed by atoms with Crippen LogP contribution in [0.15, 0.2) is 30.3 Å². The molecule has 0 fully saturated rings. The van der Waals surface area contributed by atoms with Crippen LogP contribution in [0, 0.1) is 10.1 Å². The van der Waals surface area contributed by atoms with Crippen molar-refractivity contribution in [1.82, 2.24) is 5.32 Å². The molecule has 0 aliphatic heterocycles. The first-order valence-electron chi connectivity index (χ1n) is 5.57. The van der Waals surface area contributed by atoms with E-state index >= 15 is 0 Å². The van der Waals surface area contributed by atoms with E-state index in [1.807, 2.05) is 0 Å². The third kappa shape index (κ3) is 5.96. The molecule has 0 aliphatic carbocycles. The second kappa shape index (κ2) is 7.38. The molecule has 0 atom stereocenters. The number of urea groups is 1. The van der Waals surface area contributed by atoms with E-state index in [0.29, 0.717) is 5.56 Å². The fraction of sp³-hybridized carbons (Fsp3) is 0.0833. The van der Waals surface area contributed by atoms with Gasteiger partial charge in [0, 0.05) is 18.2 Å². The molecule has 9 nitrogen and oxygen atoms in total. The Morgan fingerprint density at radius 2 is 2.10 bits per heavy atom. The molecule has 1 aromatic carbocycles. The number of nitro benzene ring substituents is 1. The van der Waals surface area contributed by atoms with Gasteiger partial charge in [-0.15, -0.1) is 0 Å². The van der Waals surface area contributed by atoms with Crippen LogP contribution in [0.3, 0.4) is 0 Å². The molecule has 0 spiro atoms. The van der Waals surface area contributed by atoms with Crippen molar-refractivity contribution in [2.24, 2.45) is 5.73 Å². The largest absolute Gasteiger partial charge is 0.452 e. The summed E-state index contributed by atoms with van der Waals surface area (Å²) in [7, 11) is 0.